The third-order valence-electron chi connectivity index (χ3n) is 3.86. The number of nitrogens with one attached hydrogen (secondary N) is 1. The molecule has 0 spiro atoms. The maximum Gasteiger partial charge on any atom is 0.222 e. The number of para-hydroxylation sites is 2. The van der Waals surface area contributed by atoms with Gasteiger partial charge in [-0.1, -0.05) is 42.8 Å². The summed E-state index contributed by atoms with van der Waals surface area (Å²) in [5.74, 6) is 0.237. The van der Waals surface area contributed by atoms with Gasteiger partial charge in [0.1, 0.15) is 5.84 Å². The first-order chi connectivity index (χ1) is 11.6. The maximum absolute atomic E-state index is 11.7. The molecule has 0 saturated heterocycles. The molecular weight excluding hydrogens is 322 g/mol. The van der Waals surface area contributed by atoms with Gasteiger partial charge in [-0.05, 0) is 36.2 Å². The lowest BCUT2D eigenvalue weighted by Crippen LogP contribution is -2.36. The van der Waals surface area contributed by atoms with Crippen molar-refractivity contribution in [2.45, 2.75) is 26.2 Å². The van der Waals surface area contributed by atoms with Crippen molar-refractivity contribution in [2.24, 2.45) is 9.98 Å². The van der Waals surface area contributed by atoms with Gasteiger partial charge in [0, 0.05) is 17.7 Å². The molecule has 1 aliphatic rings. The minimum Gasteiger partial charge on any atom is -0.314 e. The number of nitrogens with zero attached hydrogens (tertiary/aromatic N) is 2. The Morgan fingerprint density at radius 2 is 1.71 bits per heavy atom. The van der Waals surface area contributed by atoms with Crippen LogP contribution in [0.2, 0.25) is 5.02 Å². The average molecular weight is 340 g/mol. The van der Waals surface area contributed by atoms with Crippen molar-refractivity contribution in [3.8, 4) is 0 Å². The second kappa shape index (κ2) is 6.97. The Morgan fingerprint density at radius 3 is 2.29 bits per heavy atom. The Morgan fingerprint density at radius 1 is 1.08 bits per heavy atom. The lowest BCUT2D eigenvalue weighted by molar-refractivity contribution is -0.117. The van der Waals surface area contributed by atoms with Gasteiger partial charge in [-0.3, -0.25) is 9.79 Å². The van der Waals surface area contributed by atoms with E-state index in [1.54, 1.807) is 0 Å². The number of carbonyl (C=O) groups excluding carboxylic acids is 1. The van der Waals surface area contributed by atoms with E-state index in [0.29, 0.717) is 10.9 Å². The Balaban J connectivity index is 2.19. The number of fused-ring (bicyclic) bond motifs is 1. The normalized spacial score (nSPS) is 16.5. The second-order valence-electron chi connectivity index (χ2n) is 5.61. The van der Waals surface area contributed by atoms with Crippen molar-refractivity contribution < 1.29 is 4.79 Å². The van der Waals surface area contributed by atoms with E-state index >= 15 is 0 Å². The van der Waals surface area contributed by atoms with Crippen LogP contribution in [0.1, 0.15) is 31.7 Å². The van der Waals surface area contributed by atoms with E-state index in [-0.39, 0.29) is 11.8 Å². The molecule has 1 amide bonds. The number of aliphatic imine (C=N–C) groups is 2. The van der Waals surface area contributed by atoms with Gasteiger partial charge < -0.3 is 5.32 Å². The highest BCUT2D eigenvalue weighted by Crippen LogP contribution is 2.35. The highest BCUT2D eigenvalue weighted by atomic mass is 35.5. The molecule has 0 saturated carbocycles. The predicted octanol–water partition coefficient (Wildman–Crippen LogP) is 4.79. The van der Waals surface area contributed by atoms with Gasteiger partial charge in [-0.15, -0.1) is 0 Å². The molecule has 0 radical (unpaired) electrons. The van der Waals surface area contributed by atoms with Gasteiger partial charge in [0.25, 0.3) is 0 Å². The molecule has 1 atom stereocenters. The molecule has 2 aromatic rings. The van der Waals surface area contributed by atoms with E-state index in [0.717, 1.165) is 29.1 Å². The van der Waals surface area contributed by atoms with Crippen molar-refractivity contribution in [2.75, 3.05) is 0 Å². The summed E-state index contributed by atoms with van der Waals surface area (Å²) in [4.78, 5) is 21.2. The molecule has 0 bridgehead atoms. The number of benzene rings is 2. The Kier molecular flexibility index (Phi) is 4.76. The molecule has 5 heteroatoms. The first-order valence-corrected chi connectivity index (χ1v) is 8.24. The molecular formula is C19H18ClN3O. The number of carbonyl (C=O) groups is 1. The number of amidine groups is 1. The van der Waals surface area contributed by atoms with E-state index in [1.165, 1.54) is 6.92 Å². The highest BCUT2D eigenvalue weighted by molar-refractivity contribution is 6.30. The minimum absolute atomic E-state index is 0.150. The summed E-state index contributed by atoms with van der Waals surface area (Å²) < 4.78 is 0. The first-order valence-electron chi connectivity index (χ1n) is 7.86. The fourth-order valence-corrected chi connectivity index (χ4v) is 2.92. The molecule has 1 heterocycles. The van der Waals surface area contributed by atoms with Crippen LogP contribution in [-0.4, -0.2) is 17.5 Å². The van der Waals surface area contributed by atoms with Crippen LogP contribution in [0.15, 0.2) is 58.5 Å². The van der Waals surface area contributed by atoms with E-state index < -0.39 is 0 Å². The fourth-order valence-electron chi connectivity index (χ4n) is 2.79. The number of halogens is 1. The Hall–Kier alpha value is -2.46. The van der Waals surface area contributed by atoms with Crippen LogP contribution in [0.25, 0.3) is 0 Å². The number of amides is 1. The van der Waals surface area contributed by atoms with Gasteiger partial charge in [0.05, 0.1) is 17.3 Å². The van der Waals surface area contributed by atoms with Crippen molar-refractivity contribution in [1.82, 2.24) is 5.32 Å². The van der Waals surface area contributed by atoms with Crippen molar-refractivity contribution in [3.63, 3.8) is 0 Å². The zero-order valence-corrected chi connectivity index (χ0v) is 14.3. The molecule has 3 rings (SSSR count). The topological polar surface area (TPSA) is 53.8 Å². The fraction of sp³-hybridized carbons (Fsp3) is 0.211. The van der Waals surface area contributed by atoms with Gasteiger partial charge in [-0.2, -0.15) is 0 Å². The monoisotopic (exact) mass is 339 g/mol. The summed E-state index contributed by atoms with van der Waals surface area (Å²) in [6.45, 7) is 3.54. The first kappa shape index (κ1) is 16.4. The van der Waals surface area contributed by atoms with Crippen LogP contribution in [0.3, 0.4) is 0 Å². The summed E-state index contributed by atoms with van der Waals surface area (Å²) in [7, 11) is 0. The lowest BCUT2D eigenvalue weighted by Gasteiger charge is -2.20. The van der Waals surface area contributed by atoms with Crippen LogP contribution in [0.5, 0.6) is 0 Å². The molecule has 24 heavy (non-hydrogen) atoms. The molecule has 0 fully saturated rings. The van der Waals surface area contributed by atoms with Gasteiger partial charge in [0.15, 0.2) is 0 Å². The van der Waals surface area contributed by atoms with E-state index in [2.05, 4.69) is 12.2 Å². The van der Waals surface area contributed by atoms with Crippen molar-refractivity contribution >= 4 is 40.4 Å². The number of rotatable bonds is 2. The molecule has 1 aliphatic heterocycles. The lowest BCUT2D eigenvalue weighted by atomic mass is 9.91. The molecule has 2 aromatic carbocycles. The van der Waals surface area contributed by atoms with Crippen molar-refractivity contribution in [3.05, 3.63) is 59.1 Å². The predicted molar refractivity (Wildman–Crippen MR) is 98.9 cm³/mol. The van der Waals surface area contributed by atoms with Gasteiger partial charge in [0.2, 0.25) is 5.91 Å². The Bertz CT molecular complexity index is 825. The molecule has 122 valence electrons. The van der Waals surface area contributed by atoms with Crippen LogP contribution in [0, 0.1) is 0 Å². The minimum atomic E-state index is -0.205. The van der Waals surface area contributed by atoms with E-state index in [1.807, 2.05) is 48.5 Å². The third kappa shape index (κ3) is 3.39. The van der Waals surface area contributed by atoms with Crippen molar-refractivity contribution in [1.29, 1.82) is 0 Å². The smallest absolute Gasteiger partial charge is 0.222 e. The average Bonchev–Trinajstić information content (AvgIpc) is 2.71. The zero-order chi connectivity index (χ0) is 17.1. The quantitative estimate of drug-likeness (QED) is 0.840. The van der Waals surface area contributed by atoms with Crippen LogP contribution in [-0.2, 0) is 4.79 Å². The highest BCUT2D eigenvalue weighted by Gasteiger charge is 2.27. The maximum atomic E-state index is 11.7. The number of hydrogen-bond acceptors (Lipinski definition) is 3. The molecule has 0 aromatic heterocycles. The molecule has 4 nitrogen and oxygen atoms in total. The third-order valence-corrected chi connectivity index (χ3v) is 4.12. The summed E-state index contributed by atoms with van der Waals surface area (Å²) in [5.41, 5.74) is 3.52. The van der Waals surface area contributed by atoms with Crippen LogP contribution >= 0.6 is 11.6 Å². The standard InChI is InChI=1S/C19H18ClN3O/c1-3-15-18(13-8-10-14(20)11-9-13)19(21-12(2)24)23-17-7-5-4-6-16(17)22-15/h4-11,18H,3H2,1-2H3,(H,21,23,24). The van der Waals surface area contributed by atoms with Gasteiger partial charge in [-0.25, -0.2) is 4.99 Å². The molecule has 1 N–H and O–H groups in total. The summed E-state index contributed by atoms with van der Waals surface area (Å²) >= 11 is 6.02. The van der Waals surface area contributed by atoms with Crippen LogP contribution in [0.4, 0.5) is 11.4 Å². The summed E-state index contributed by atoms with van der Waals surface area (Å²) in [6, 6.07) is 15.3. The summed E-state index contributed by atoms with van der Waals surface area (Å²) in [5, 5.41) is 3.56. The summed E-state index contributed by atoms with van der Waals surface area (Å²) in [6.07, 6.45) is 0.750. The van der Waals surface area contributed by atoms with Gasteiger partial charge >= 0.3 is 0 Å². The Labute approximate surface area is 146 Å². The van der Waals surface area contributed by atoms with Crippen LogP contribution < -0.4 is 5.32 Å². The van der Waals surface area contributed by atoms with E-state index in [9.17, 15) is 4.79 Å². The molecule has 1 unspecified atom stereocenters. The second-order valence-corrected chi connectivity index (χ2v) is 6.04. The molecule has 0 aliphatic carbocycles. The largest absolute Gasteiger partial charge is 0.314 e. The SMILES string of the molecule is CCC1=Nc2ccccc2N=C(NC(C)=O)C1c1ccc(Cl)cc1. The van der Waals surface area contributed by atoms with E-state index in [4.69, 9.17) is 21.6 Å². The number of hydrogen-bond donors (Lipinski definition) is 1. The zero-order valence-electron chi connectivity index (χ0n) is 13.6.